The van der Waals surface area contributed by atoms with Gasteiger partial charge in [0.25, 0.3) is 5.56 Å². The highest BCUT2D eigenvalue weighted by Gasteiger charge is 2.44. The van der Waals surface area contributed by atoms with Gasteiger partial charge in [-0.15, -0.1) is 0 Å². The predicted molar refractivity (Wildman–Crippen MR) is 102 cm³/mol. The van der Waals surface area contributed by atoms with Crippen LogP contribution in [0, 0.1) is 0 Å². The van der Waals surface area contributed by atoms with Crippen LogP contribution < -0.4 is 10.3 Å². The molecule has 0 spiro atoms. The van der Waals surface area contributed by atoms with Crippen molar-refractivity contribution in [3.63, 3.8) is 0 Å². The highest BCUT2D eigenvalue weighted by molar-refractivity contribution is 5.77. The quantitative estimate of drug-likeness (QED) is 0.794. The molecule has 4 heterocycles. The van der Waals surface area contributed by atoms with Crippen molar-refractivity contribution in [1.82, 2.24) is 19.4 Å². The van der Waals surface area contributed by atoms with Crippen molar-refractivity contribution in [3.05, 3.63) is 52.8 Å². The maximum absolute atomic E-state index is 13.0. The molecule has 2 aromatic rings. The minimum atomic E-state index is -0.133. The average molecular weight is 380 g/mol. The Morgan fingerprint density at radius 3 is 2.54 bits per heavy atom. The zero-order valence-electron chi connectivity index (χ0n) is 15.7. The number of pyridine rings is 1. The van der Waals surface area contributed by atoms with E-state index in [-0.39, 0.29) is 36.2 Å². The first-order chi connectivity index (χ1) is 13.7. The molecule has 2 unspecified atom stereocenters. The van der Waals surface area contributed by atoms with E-state index in [4.69, 9.17) is 4.74 Å². The Morgan fingerprint density at radius 1 is 1.11 bits per heavy atom. The number of amides is 1. The van der Waals surface area contributed by atoms with Gasteiger partial charge < -0.3 is 9.64 Å². The molecule has 2 atom stereocenters. The lowest BCUT2D eigenvalue weighted by Gasteiger charge is -2.38. The van der Waals surface area contributed by atoms with E-state index >= 15 is 0 Å². The molecule has 7 heteroatoms. The maximum Gasteiger partial charge on any atom is 0.254 e. The summed E-state index contributed by atoms with van der Waals surface area (Å²) in [5, 5.41) is 0. The van der Waals surface area contributed by atoms with Crippen LogP contribution in [0.3, 0.4) is 0 Å². The molecule has 1 amide bonds. The molecule has 1 aliphatic carbocycles. The molecule has 2 aliphatic heterocycles. The zero-order chi connectivity index (χ0) is 19.1. The number of aromatic nitrogens is 3. The normalized spacial score (nSPS) is 26.3. The molecule has 0 N–H and O–H groups in total. The zero-order valence-corrected chi connectivity index (χ0v) is 15.7. The van der Waals surface area contributed by atoms with E-state index in [9.17, 15) is 9.59 Å². The van der Waals surface area contributed by atoms with Crippen molar-refractivity contribution in [3.8, 4) is 5.88 Å². The average Bonchev–Trinajstić information content (AvgIpc) is 3.50. The topological polar surface area (TPSA) is 77.3 Å². The van der Waals surface area contributed by atoms with Crippen LogP contribution in [0.5, 0.6) is 5.88 Å². The molecule has 2 bridgehead atoms. The molecule has 28 heavy (non-hydrogen) atoms. The van der Waals surface area contributed by atoms with Crippen LogP contribution in [-0.2, 0) is 11.3 Å². The fraction of sp³-hybridized carbons (Fsp3) is 0.524. The summed E-state index contributed by atoms with van der Waals surface area (Å²) in [5.74, 6) is 1.08. The van der Waals surface area contributed by atoms with Crippen LogP contribution in [0.1, 0.15) is 50.1 Å². The Kier molecular flexibility index (Phi) is 4.37. The SMILES string of the molecule is O=C(Cn1cnc(C2CC2)cc1=O)N1C2CCC1CC(Oc1ccccn1)C2. The van der Waals surface area contributed by atoms with Crippen LogP contribution in [0.25, 0.3) is 0 Å². The first-order valence-electron chi connectivity index (χ1n) is 10.1. The summed E-state index contributed by atoms with van der Waals surface area (Å²) in [6, 6.07) is 7.59. The summed E-state index contributed by atoms with van der Waals surface area (Å²) in [7, 11) is 0. The number of carbonyl (C=O) groups is 1. The second-order valence-electron chi connectivity index (χ2n) is 8.12. The van der Waals surface area contributed by atoms with E-state index < -0.39 is 0 Å². The number of ether oxygens (including phenoxy) is 1. The molecular formula is C21H24N4O3. The Morgan fingerprint density at radius 2 is 1.89 bits per heavy atom. The molecule has 0 radical (unpaired) electrons. The van der Waals surface area contributed by atoms with Crippen molar-refractivity contribution in [2.24, 2.45) is 0 Å². The lowest BCUT2D eigenvalue weighted by atomic mass is 9.99. The minimum absolute atomic E-state index is 0.00635. The van der Waals surface area contributed by atoms with E-state index in [0.717, 1.165) is 44.2 Å². The van der Waals surface area contributed by atoms with E-state index in [1.54, 1.807) is 12.3 Å². The van der Waals surface area contributed by atoms with Crippen LogP contribution >= 0.6 is 0 Å². The number of hydrogen-bond acceptors (Lipinski definition) is 5. The molecular weight excluding hydrogens is 356 g/mol. The maximum atomic E-state index is 13.0. The molecule has 7 nitrogen and oxygen atoms in total. The Hall–Kier alpha value is -2.70. The lowest BCUT2D eigenvalue weighted by Crippen LogP contribution is -2.50. The second-order valence-corrected chi connectivity index (χ2v) is 8.12. The van der Waals surface area contributed by atoms with Gasteiger partial charge in [0, 0.05) is 49.2 Å². The van der Waals surface area contributed by atoms with Gasteiger partial charge in [-0.2, -0.15) is 0 Å². The summed E-state index contributed by atoms with van der Waals surface area (Å²) in [5.41, 5.74) is 0.729. The number of fused-ring (bicyclic) bond motifs is 2. The molecule has 0 aromatic carbocycles. The molecule has 2 aromatic heterocycles. The van der Waals surface area contributed by atoms with Crippen molar-refractivity contribution in [1.29, 1.82) is 0 Å². The summed E-state index contributed by atoms with van der Waals surface area (Å²) >= 11 is 0. The summed E-state index contributed by atoms with van der Waals surface area (Å²) in [6.45, 7) is 0.0650. The molecule has 1 saturated carbocycles. The van der Waals surface area contributed by atoms with Crippen LogP contribution in [0.4, 0.5) is 0 Å². The Balaban J connectivity index is 1.25. The predicted octanol–water partition coefficient (Wildman–Crippen LogP) is 2.12. The molecule has 5 rings (SSSR count). The monoisotopic (exact) mass is 380 g/mol. The number of piperidine rings is 1. The molecule has 3 aliphatic rings. The van der Waals surface area contributed by atoms with Gasteiger partial charge in [0.05, 0.1) is 12.0 Å². The Bertz CT molecular complexity index is 911. The van der Waals surface area contributed by atoms with Gasteiger partial charge in [0.15, 0.2) is 0 Å². The summed E-state index contributed by atoms with van der Waals surface area (Å²) < 4.78 is 7.46. The van der Waals surface area contributed by atoms with Crippen LogP contribution in [-0.4, -0.2) is 43.5 Å². The third-order valence-corrected chi connectivity index (χ3v) is 6.10. The smallest absolute Gasteiger partial charge is 0.254 e. The van der Waals surface area contributed by atoms with E-state index in [1.165, 1.54) is 10.9 Å². The van der Waals surface area contributed by atoms with Crippen molar-refractivity contribution in [2.45, 2.75) is 69.2 Å². The number of carbonyl (C=O) groups excluding carboxylic acids is 1. The van der Waals surface area contributed by atoms with Gasteiger partial charge in [-0.3, -0.25) is 14.2 Å². The standard InChI is InChI=1S/C21H24N4O3/c26-20-11-18(14-4-5-14)23-13-24(20)12-21(27)25-15-6-7-16(25)10-17(9-15)28-19-3-1-2-8-22-19/h1-3,8,11,13-17H,4-7,9-10,12H2. The molecule has 146 valence electrons. The molecule has 3 fully saturated rings. The van der Waals surface area contributed by atoms with Gasteiger partial charge in [0.2, 0.25) is 11.8 Å². The van der Waals surface area contributed by atoms with E-state index in [0.29, 0.717) is 11.8 Å². The largest absolute Gasteiger partial charge is 0.474 e. The van der Waals surface area contributed by atoms with Crippen LogP contribution in [0.2, 0.25) is 0 Å². The first-order valence-corrected chi connectivity index (χ1v) is 10.1. The minimum Gasteiger partial charge on any atom is -0.474 e. The third-order valence-electron chi connectivity index (χ3n) is 6.10. The Labute approximate surface area is 163 Å². The van der Waals surface area contributed by atoms with Gasteiger partial charge >= 0.3 is 0 Å². The number of rotatable bonds is 5. The fourth-order valence-electron chi connectivity index (χ4n) is 4.61. The fourth-order valence-corrected chi connectivity index (χ4v) is 4.61. The molecule has 2 saturated heterocycles. The highest BCUT2D eigenvalue weighted by atomic mass is 16.5. The van der Waals surface area contributed by atoms with Gasteiger partial charge in [-0.25, -0.2) is 9.97 Å². The van der Waals surface area contributed by atoms with E-state index in [1.807, 2.05) is 23.1 Å². The lowest BCUT2D eigenvalue weighted by molar-refractivity contribution is -0.137. The third kappa shape index (κ3) is 3.41. The van der Waals surface area contributed by atoms with Gasteiger partial charge in [-0.1, -0.05) is 6.07 Å². The first kappa shape index (κ1) is 17.4. The number of hydrogen-bond donors (Lipinski definition) is 0. The van der Waals surface area contributed by atoms with Gasteiger partial charge in [0.1, 0.15) is 12.6 Å². The highest BCUT2D eigenvalue weighted by Crippen LogP contribution is 2.38. The number of nitrogens with zero attached hydrogens (tertiary/aromatic N) is 4. The van der Waals surface area contributed by atoms with Gasteiger partial charge in [-0.05, 0) is 31.7 Å². The van der Waals surface area contributed by atoms with Crippen molar-refractivity contribution >= 4 is 5.91 Å². The van der Waals surface area contributed by atoms with E-state index in [2.05, 4.69) is 9.97 Å². The summed E-state index contributed by atoms with van der Waals surface area (Å²) in [4.78, 5) is 35.9. The van der Waals surface area contributed by atoms with Crippen molar-refractivity contribution in [2.75, 3.05) is 0 Å². The van der Waals surface area contributed by atoms with Crippen LogP contribution in [0.15, 0.2) is 41.6 Å². The van der Waals surface area contributed by atoms with Crippen molar-refractivity contribution < 1.29 is 9.53 Å². The summed E-state index contributed by atoms with van der Waals surface area (Å²) in [6.07, 6.45) is 9.16. The second kappa shape index (κ2) is 7.04.